The number of benzene rings is 1. The molecule has 1 aromatic heterocycles. The summed E-state index contributed by atoms with van der Waals surface area (Å²) in [6, 6.07) is 3.39. The molecule has 0 spiro atoms. The van der Waals surface area contributed by atoms with Gasteiger partial charge in [0.1, 0.15) is 5.75 Å². The van der Waals surface area contributed by atoms with Gasteiger partial charge in [0.25, 0.3) is 0 Å². The van der Waals surface area contributed by atoms with E-state index in [0.717, 1.165) is 5.56 Å². The molecule has 130 valence electrons. The highest BCUT2D eigenvalue weighted by molar-refractivity contribution is 6.62. The van der Waals surface area contributed by atoms with Crippen molar-refractivity contribution in [3.05, 3.63) is 41.9 Å². The molecule has 25 heavy (non-hydrogen) atoms. The van der Waals surface area contributed by atoms with Gasteiger partial charge in [0, 0.05) is 18.9 Å². The number of aromatic nitrogens is 2. The van der Waals surface area contributed by atoms with Crippen molar-refractivity contribution in [1.29, 1.82) is 0 Å². The Balaban J connectivity index is 1.90. The van der Waals surface area contributed by atoms with Crippen LogP contribution in [0, 0.1) is 0 Å². The van der Waals surface area contributed by atoms with Crippen LogP contribution in [0.25, 0.3) is 0 Å². The van der Waals surface area contributed by atoms with E-state index in [9.17, 15) is 9.82 Å². The number of rotatable bonds is 6. The van der Waals surface area contributed by atoms with Crippen LogP contribution < -0.4 is 15.9 Å². The molecule has 1 atom stereocenters. The highest BCUT2D eigenvalue weighted by atomic mass is 16.5. The fourth-order valence-corrected chi connectivity index (χ4v) is 2.81. The van der Waals surface area contributed by atoms with Gasteiger partial charge in [-0.15, -0.1) is 0 Å². The summed E-state index contributed by atoms with van der Waals surface area (Å²) >= 11 is 0. The first-order valence-corrected chi connectivity index (χ1v) is 7.92. The summed E-state index contributed by atoms with van der Waals surface area (Å²) < 4.78 is 16.1. The molecule has 8 nitrogen and oxygen atoms in total. The van der Waals surface area contributed by atoms with E-state index in [2.05, 4.69) is 9.97 Å². The van der Waals surface area contributed by atoms with E-state index in [-0.39, 0.29) is 19.6 Å². The van der Waals surface area contributed by atoms with E-state index in [1.54, 1.807) is 25.3 Å². The van der Waals surface area contributed by atoms with Crippen molar-refractivity contribution < 1.29 is 23.9 Å². The Morgan fingerprint density at radius 2 is 2.28 bits per heavy atom. The van der Waals surface area contributed by atoms with E-state index in [1.165, 1.54) is 12.4 Å². The van der Waals surface area contributed by atoms with Gasteiger partial charge in [-0.1, -0.05) is 0 Å². The van der Waals surface area contributed by atoms with Crippen LogP contribution in [0.2, 0.25) is 0 Å². The van der Waals surface area contributed by atoms with Crippen molar-refractivity contribution >= 4 is 18.6 Å². The molecule has 3 rings (SSSR count). The lowest BCUT2D eigenvalue weighted by Crippen LogP contribution is -2.28. The Kier molecular flexibility index (Phi) is 5.27. The second kappa shape index (κ2) is 7.60. The predicted molar refractivity (Wildman–Crippen MR) is 89.1 cm³/mol. The van der Waals surface area contributed by atoms with E-state index in [4.69, 9.17) is 19.9 Å². The molecule has 1 unspecified atom stereocenters. The molecule has 0 amide bonds. The molecule has 0 fully saturated rings. The third-order valence-electron chi connectivity index (χ3n) is 3.79. The number of hydrogen-bond donors (Lipinski definition) is 2. The van der Waals surface area contributed by atoms with Crippen LogP contribution in [0.1, 0.15) is 30.6 Å². The van der Waals surface area contributed by atoms with Crippen molar-refractivity contribution in [3.63, 3.8) is 0 Å². The minimum atomic E-state index is -1.16. The maximum Gasteiger partial charge on any atom is 0.492 e. The Hall–Kier alpha value is -2.49. The number of fused-ring (bicyclic) bond motifs is 1. The van der Waals surface area contributed by atoms with Crippen molar-refractivity contribution in [2.45, 2.75) is 26.0 Å². The molecule has 0 saturated heterocycles. The smallest absolute Gasteiger partial charge is 0.466 e. The highest BCUT2D eigenvalue weighted by Gasteiger charge is 2.38. The zero-order valence-corrected chi connectivity index (χ0v) is 13.7. The zero-order valence-electron chi connectivity index (χ0n) is 13.7. The van der Waals surface area contributed by atoms with E-state index in [0.29, 0.717) is 22.7 Å². The lowest BCUT2D eigenvalue weighted by Gasteiger charge is -2.15. The maximum atomic E-state index is 11.8. The first kappa shape index (κ1) is 17.3. The van der Waals surface area contributed by atoms with Crippen molar-refractivity contribution in [2.75, 3.05) is 6.61 Å². The van der Waals surface area contributed by atoms with E-state index < -0.39 is 19.2 Å². The summed E-state index contributed by atoms with van der Waals surface area (Å²) in [6.07, 6.45) is 3.94. The maximum absolute atomic E-state index is 11.8. The molecule has 0 saturated carbocycles. The monoisotopic (exact) mass is 343 g/mol. The summed E-state index contributed by atoms with van der Waals surface area (Å²) in [5.74, 6) is 0.386. The average molecular weight is 343 g/mol. The molecule has 1 aliphatic rings. The van der Waals surface area contributed by atoms with Crippen molar-refractivity contribution in [2.24, 2.45) is 5.73 Å². The first-order valence-electron chi connectivity index (χ1n) is 7.92. The highest BCUT2D eigenvalue weighted by Crippen LogP contribution is 2.33. The molecule has 3 N–H and O–H groups in total. The molecule has 0 radical (unpaired) electrons. The van der Waals surface area contributed by atoms with Crippen LogP contribution in [-0.2, 0) is 20.7 Å². The van der Waals surface area contributed by atoms with Crippen LogP contribution in [0.5, 0.6) is 11.6 Å². The number of carbonyl (C=O) groups is 1. The van der Waals surface area contributed by atoms with Gasteiger partial charge in [0.05, 0.1) is 25.3 Å². The lowest BCUT2D eigenvalue weighted by atomic mass is 9.77. The topological polar surface area (TPSA) is 117 Å². The predicted octanol–water partition coefficient (Wildman–Crippen LogP) is 0.440. The van der Waals surface area contributed by atoms with Gasteiger partial charge in [-0.2, -0.15) is 0 Å². The van der Waals surface area contributed by atoms with E-state index >= 15 is 0 Å². The number of carbonyl (C=O) groups excluding carboxylic acids is 1. The van der Waals surface area contributed by atoms with Gasteiger partial charge >= 0.3 is 13.1 Å². The first-order chi connectivity index (χ1) is 12.1. The van der Waals surface area contributed by atoms with Crippen molar-refractivity contribution in [3.8, 4) is 11.6 Å². The molecule has 2 heterocycles. The van der Waals surface area contributed by atoms with Crippen LogP contribution in [0.3, 0.4) is 0 Å². The molecular weight excluding hydrogens is 325 g/mol. The molecule has 9 heteroatoms. The van der Waals surface area contributed by atoms with Gasteiger partial charge in [0.15, 0.2) is 0 Å². The Morgan fingerprint density at radius 1 is 1.44 bits per heavy atom. The molecule has 0 aliphatic carbocycles. The van der Waals surface area contributed by atoms with Crippen molar-refractivity contribution in [1.82, 2.24) is 9.97 Å². The molecule has 2 aromatic rings. The van der Waals surface area contributed by atoms with E-state index in [1.807, 2.05) is 0 Å². The number of nitrogens with two attached hydrogens (primary N) is 1. The summed E-state index contributed by atoms with van der Waals surface area (Å²) in [5, 5.41) is 10.2. The largest absolute Gasteiger partial charge is 0.492 e. The summed E-state index contributed by atoms with van der Waals surface area (Å²) in [7, 11) is -1.16. The average Bonchev–Trinajstić information content (AvgIpc) is 2.91. The van der Waals surface area contributed by atoms with Crippen LogP contribution >= 0.6 is 0 Å². The Morgan fingerprint density at radius 3 is 2.96 bits per heavy atom. The van der Waals surface area contributed by atoms with Gasteiger partial charge in [-0.3, -0.25) is 9.78 Å². The minimum absolute atomic E-state index is 0.00919. The number of esters is 1. The minimum Gasteiger partial charge on any atom is -0.466 e. The second-order valence-electron chi connectivity index (χ2n) is 5.42. The third-order valence-corrected chi connectivity index (χ3v) is 3.79. The SMILES string of the molecule is CCOC(=O)CC1OB(O)c2cc(Oc3cnccn3)cc(CN)c21. The number of ether oxygens (including phenoxy) is 2. The fraction of sp³-hybridized carbons (Fsp3) is 0.312. The standard InChI is InChI=1S/C16H18BN3O5/c1-2-23-15(21)7-13-16-10(8-18)5-11(6-12(16)17(22)25-13)24-14-9-19-3-4-20-14/h3-6,9,13,22H,2,7-8,18H2,1H3. The zero-order chi connectivity index (χ0) is 17.8. The Bertz CT molecular complexity index is 759. The van der Waals surface area contributed by atoms with Gasteiger partial charge in [-0.05, 0) is 35.6 Å². The number of nitrogens with zero attached hydrogens (tertiary/aromatic N) is 2. The Labute approximate surface area is 145 Å². The third kappa shape index (κ3) is 3.79. The summed E-state index contributed by atoms with van der Waals surface area (Å²) in [4.78, 5) is 19.7. The molecule has 1 aliphatic heterocycles. The van der Waals surface area contributed by atoms with Crippen LogP contribution in [-0.4, -0.2) is 34.7 Å². The number of hydrogen-bond acceptors (Lipinski definition) is 8. The van der Waals surface area contributed by atoms with Gasteiger partial charge in [0.2, 0.25) is 5.88 Å². The lowest BCUT2D eigenvalue weighted by molar-refractivity contribution is -0.145. The second-order valence-corrected chi connectivity index (χ2v) is 5.42. The quantitative estimate of drug-likeness (QED) is 0.573. The van der Waals surface area contributed by atoms with Crippen LogP contribution in [0.15, 0.2) is 30.7 Å². The molecular formula is C16H18BN3O5. The van der Waals surface area contributed by atoms with Gasteiger partial charge < -0.3 is 24.9 Å². The molecule has 0 bridgehead atoms. The summed E-state index contributed by atoms with van der Waals surface area (Å²) in [6.45, 7) is 2.22. The normalized spacial score (nSPS) is 15.8. The molecule has 1 aromatic carbocycles. The fourth-order valence-electron chi connectivity index (χ4n) is 2.81. The van der Waals surface area contributed by atoms with Crippen LogP contribution in [0.4, 0.5) is 0 Å². The summed E-state index contributed by atoms with van der Waals surface area (Å²) in [5.41, 5.74) is 7.80. The van der Waals surface area contributed by atoms with Gasteiger partial charge in [-0.25, -0.2) is 4.98 Å².